The summed E-state index contributed by atoms with van der Waals surface area (Å²) in [6.45, 7) is 6.26. The quantitative estimate of drug-likeness (QED) is 0.421. The van der Waals surface area contributed by atoms with Crippen LogP contribution in [0.2, 0.25) is 0 Å². The van der Waals surface area contributed by atoms with E-state index >= 15 is 0 Å². The van der Waals surface area contributed by atoms with E-state index in [0.29, 0.717) is 31.4 Å². The first-order valence-corrected chi connectivity index (χ1v) is 7.96. The Balaban J connectivity index is 1.52. The Morgan fingerprint density at radius 2 is 2.22 bits per heavy atom. The molecule has 6 nitrogen and oxygen atoms in total. The van der Waals surface area contributed by atoms with Crippen LogP contribution in [0, 0.1) is 5.82 Å². The van der Waals surface area contributed by atoms with Gasteiger partial charge in [0.05, 0.1) is 19.8 Å². The zero-order chi connectivity index (χ0) is 16.3. The minimum absolute atomic E-state index is 0.309. The van der Waals surface area contributed by atoms with Crippen LogP contribution in [0.25, 0.3) is 0 Å². The molecule has 0 saturated carbocycles. The van der Waals surface area contributed by atoms with E-state index < -0.39 is 0 Å². The standard InChI is InChI=1S/C16H25FN4O2/c17-14-3-1-4-15(13-14)23-10-6-20-16(18)19-5-2-7-21-8-11-22-12-9-21/h1,3-4,13H,2,5-12H2,(H3,18,19,20). The molecule has 23 heavy (non-hydrogen) atoms. The maximum atomic E-state index is 13.0. The fourth-order valence-corrected chi connectivity index (χ4v) is 2.28. The Morgan fingerprint density at radius 3 is 3.00 bits per heavy atom. The molecule has 0 radical (unpaired) electrons. The van der Waals surface area contributed by atoms with Crippen LogP contribution in [0.1, 0.15) is 6.42 Å². The summed E-state index contributed by atoms with van der Waals surface area (Å²) in [5.74, 6) is 0.611. The van der Waals surface area contributed by atoms with Crippen LogP contribution < -0.4 is 15.8 Å². The van der Waals surface area contributed by atoms with Crippen LogP contribution >= 0.6 is 0 Å². The highest BCUT2D eigenvalue weighted by Crippen LogP contribution is 2.11. The number of nitrogens with zero attached hydrogens (tertiary/aromatic N) is 2. The van der Waals surface area contributed by atoms with Crippen molar-refractivity contribution in [1.82, 2.24) is 10.2 Å². The molecule has 1 aromatic carbocycles. The SMILES string of the molecule is NC(=NCCCN1CCOCC1)NCCOc1cccc(F)c1. The average Bonchev–Trinajstić information content (AvgIpc) is 2.57. The third-order valence-corrected chi connectivity index (χ3v) is 3.49. The zero-order valence-electron chi connectivity index (χ0n) is 13.3. The van der Waals surface area contributed by atoms with Gasteiger partial charge in [0, 0.05) is 32.2 Å². The second-order valence-electron chi connectivity index (χ2n) is 5.31. The normalized spacial score (nSPS) is 16.3. The summed E-state index contributed by atoms with van der Waals surface area (Å²) >= 11 is 0. The van der Waals surface area contributed by atoms with Gasteiger partial charge in [-0.15, -0.1) is 0 Å². The van der Waals surface area contributed by atoms with Crippen molar-refractivity contribution in [3.05, 3.63) is 30.1 Å². The Hall–Kier alpha value is -1.86. The van der Waals surface area contributed by atoms with E-state index in [9.17, 15) is 4.39 Å². The molecule has 1 saturated heterocycles. The Labute approximate surface area is 136 Å². The number of nitrogens with two attached hydrogens (primary N) is 1. The molecule has 0 spiro atoms. The highest BCUT2D eigenvalue weighted by molar-refractivity contribution is 5.77. The lowest BCUT2D eigenvalue weighted by atomic mass is 10.3. The van der Waals surface area contributed by atoms with Crippen molar-refractivity contribution < 1.29 is 13.9 Å². The summed E-state index contributed by atoms with van der Waals surface area (Å²) in [5.41, 5.74) is 5.79. The number of rotatable bonds is 8. The molecule has 0 atom stereocenters. The van der Waals surface area contributed by atoms with E-state index in [-0.39, 0.29) is 5.82 Å². The van der Waals surface area contributed by atoms with Crippen molar-refractivity contribution >= 4 is 5.96 Å². The van der Waals surface area contributed by atoms with Gasteiger partial charge in [-0.25, -0.2) is 4.39 Å². The van der Waals surface area contributed by atoms with Gasteiger partial charge in [-0.1, -0.05) is 6.07 Å². The topological polar surface area (TPSA) is 72.1 Å². The number of guanidine groups is 1. The molecule has 0 aliphatic carbocycles. The first kappa shape index (κ1) is 17.5. The van der Waals surface area contributed by atoms with Crippen molar-refractivity contribution in [3.63, 3.8) is 0 Å². The molecule has 3 N–H and O–H groups in total. The largest absolute Gasteiger partial charge is 0.492 e. The van der Waals surface area contributed by atoms with Gasteiger partial charge in [-0.3, -0.25) is 9.89 Å². The van der Waals surface area contributed by atoms with E-state index in [4.69, 9.17) is 15.2 Å². The molecule has 0 bridgehead atoms. The van der Waals surface area contributed by atoms with Crippen LogP contribution in [-0.2, 0) is 4.74 Å². The number of hydrogen-bond donors (Lipinski definition) is 2. The third-order valence-electron chi connectivity index (χ3n) is 3.49. The number of halogens is 1. The first-order valence-electron chi connectivity index (χ1n) is 7.96. The molecule has 0 unspecified atom stereocenters. The van der Waals surface area contributed by atoms with Crippen molar-refractivity contribution in [2.75, 3.05) is 52.5 Å². The minimum atomic E-state index is -0.309. The third kappa shape index (κ3) is 7.30. The summed E-state index contributed by atoms with van der Waals surface area (Å²) in [6, 6.07) is 6.06. The maximum absolute atomic E-state index is 13.0. The van der Waals surface area contributed by atoms with Crippen LogP contribution in [-0.4, -0.2) is 63.4 Å². The monoisotopic (exact) mass is 324 g/mol. The van der Waals surface area contributed by atoms with E-state index in [1.165, 1.54) is 12.1 Å². The van der Waals surface area contributed by atoms with Gasteiger partial charge >= 0.3 is 0 Å². The van der Waals surface area contributed by atoms with Crippen LogP contribution in [0.15, 0.2) is 29.3 Å². The van der Waals surface area contributed by atoms with Crippen molar-refractivity contribution in [3.8, 4) is 5.75 Å². The highest BCUT2D eigenvalue weighted by Gasteiger charge is 2.08. The van der Waals surface area contributed by atoms with E-state index in [1.54, 1.807) is 12.1 Å². The van der Waals surface area contributed by atoms with E-state index in [2.05, 4.69) is 15.2 Å². The number of ether oxygens (including phenoxy) is 2. The van der Waals surface area contributed by atoms with Gasteiger partial charge in [0.1, 0.15) is 18.2 Å². The molecular weight excluding hydrogens is 299 g/mol. The highest BCUT2D eigenvalue weighted by atomic mass is 19.1. The molecule has 1 fully saturated rings. The molecule has 7 heteroatoms. The lowest BCUT2D eigenvalue weighted by molar-refractivity contribution is 0.0377. The lowest BCUT2D eigenvalue weighted by Gasteiger charge is -2.26. The summed E-state index contributed by atoms with van der Waals surface area (Å²) in [4.78, 5) is 6.65. The smallest absolute Gasteiger partial charge is 0.188 e. The van der Waals surface area contributed by atoms with Crippen LogP contribution in [0.3, 0.4) is 0 Å². The van der Waals surface area contributed by atoms with Crippen LogP contribution in [0.4, 0.5) is 4.39 Å². The Kier molecular flexibility index (Phi) is 7.62. The predicted octanol–water partition coefficient (Wildman–Crippen LogP) is 0.831. The second kappa shape index (κ2) is 10.0. The molecule has 0 aromatic heterocycles. The molecule has 128 valence electrons. The summed E-state index contributed by atoms with van der Waals surface area (Å²) in [7, 11) is 0. The number of benzene rings is 1. The van der Waals surface area contributed by atoms with Gasteiger partial charge in [0.2, 0.25) is 0 Å². The number of hydrogen-bond acceptors (Lipinski definition) is 4. The molecular formula is C16H25FN4O2. The van der Waals surface area contributed by atoms with Crippen molar-refractivity contribution in [1.29, 1.82) is 0 Å². The molecule has 1 aliphatic heterocycles. The van der Waals surface area contributed by atoms with Gasteiger partial charge in [0.15, 0.2) is 5.96 Å². The fourth-order valence-electron chi connectivity index (χ4n) is 2.28. The fraction of sp³-hybridized carbons (Fsp3) is 0.562. The van der Waals surface area contributed by atoms with Crippen molar-refractivity contribution in [2.45, 2.75) is 6.42 Å². The molecule has 0 amide bonds. The van der Waals surface area contributed by atoms with Crippen LogP contribution in [0.5, 0.6) is 5.75 Å². The second-order valence-corrected chi connectivity index (χ2v) is 5.31. The van der Waals surface area contributed by atoms with Gasteiger partial charge in [-0.05, 0) is 18.6 Å². The minimum Gasteiger partial charge on any atom is -0.492 e. The average molecular weight is 324 g/mol. The van der Waals surface area contributed by atoms with Gasteiger partial charge < -0.3 is 20.5 Å². The van der Waals surface area contributed by atoms with E-state index in [0.717, 1.165) is 39.3 Å². The summed E-state index contributed by atoms with van der Waals surface area (Å²) in [6.07, 6.45) is 0.974. The molecule has 1 aliphatic rings. The summed E-state index contributed by atoms with van der Waals surface area (Å²) in [5, 5.41) is 2.98. The number of aliphatic imine (C=N–C) groups is 1. The number of nitrogens with one attached hydrogen (secondary N) is 1. The van der Waals surface area contributed by atoms with Gasteiger partial charge in [0.25, 0.3) is 0 Å². The lowest BCUT2D eigenvalue weighted by Crippen LogP contribution is -2.37. The Bertz CT molecular complexity index is 493. The maximum Gasteiger partial charge on any atom is 0.188 e. The first-order chi connectivity index (χ1) is 11.2. The zero-order valence-corrected chi connectivity index (χ0v) is 13.3. The van der Waals surface area contributed by atoms with Gasteiger partial charge in [-0.2, -0.15) is 0 Å². The predicted molar refractivity (Wildman–Crippen MR) is 88.3 cm³/mol. The number of morpholine rings is 1. The molecule has 1 aromatic rings. The summed E-state index contributed by atoms with van der Waals surface area (Å²) < 4.78 is 23.7. The molecule has 1 heterocycles. The molecule has 2 rings (SSSR count). The van der Waals surface area contributed by atoms with Crippen molar-refractivity contribution in [2.24, 2.45) is 10.7 Å². The Morgan fingerprint density at radius 1 is 1.39 bits per heavy atom. The van der Waals surface area contributed by atoms with E-state index in [1.807, 2.05) is 0 Å².